The molecule has 3 aromatic rings. The third-order valence-corrected chi connectivity index (χ3v) is 4.57. The van der Waals surface area contributed by atoms with Crippen molar-refractivity contribution < 1.29 is 9.90 Å². The zero-order valence-corrected chi connectivity index (χ0v) is 15.8. The van der Waals surface area contributed by atoms with Crippen LogP contribution in [0.4, 0.5) is 0 Å². The number of nitrogens with zero attached hydrogens (tertiary/aromatic N) is 4. The lowest BCUT2D eigenvalue weighted by molar-refractivity contribution is 0.0213. The van der Waals surface area contributed by atoms with Crippen LogP contribution in [0.25, 0.3) is 5.65 Å². The molecule has 136 valence electrons. The van der Waals surface area contributed by atoms with Crippen molar-refractivity contribution in [3.63, 3.8) is 0 Å². The van der Waals surface area contributed by atoms with Gasteiger partial charge < -0.3 is 10.0 Å². The number of carbonyl (C=O) groups excluding carboxylic acids is 1. The van der Waals surface area contributed by atoms with Gasteiger partial charge in [0.2, 0.25) is 0 Å². The SMILES string of the molecule is Cc1cc(C)n2nc(C)c(C(=O)N(C)CC(C)(O)c3ccccc3)c2n1. The molecule has 6 nitrogen and oxygen atoms in total. The Morgan fingerprint density at radius 3 is 2.54 bits per heavy atom. The molecule has 0 bridgehead atoms. The van der Waals surface area contributed by atoms with Gasteiger partial charge in [-0.2, -0.15) is 5.10 Å². The monoisotopic (exact) mass is 352 g/mol. The van der Waals surface area contributed by atoms with E-state index in [1.165, 1.54) is 4.90 Å². The van der Waals surface area contributed by atoms with E-state index in [0.717, 1.165) is 17.0 Å². The molecule has 0 spiro atoms. The number of aliphatic hydroxyl groups is 1. The molecule has 0 fully saturated rings. The Balaban J connectivity index is 1.94. The van der Waals surface area contributed by atoms with Crippen LogP contribution in [0.3, 0.4) is 0 Å². The normalized spacial score (nSPS) is 13.6. The van der Waals surface area contributed by atoms with Crippen LogP contribution in [0.15, 0.2) is 36.4 Å². The average Bonchev–Trinajstić information content (AvgIpc) is 2.91. The second-order valence-electron chi connectivity index (χ2n) is 7.04. The molecule has 1 aromatic carbocycles. The van der Waals surface area contributed by atoms with Gasteiger partial charge in [-0.15, -0.1) is 0 Å². The maximum absolute atomic E-state index is 13.1. The van der Waals surface area contributed by atoms with Gasteiger partial charge in [0.05, 0.1) is 12.2 Å². The molecule has 0 aliphatic carbocycles. The number of rotatable bonds is 4. The summed E-state index contributed by atoms with van der Waals surface area (Å²) in [5.41, 5.74) is 3.03. The van der Waals surface area contributed by atoms with Gasteiger partial charge in [0.15, 0.2) is 5.65 Å². The summed E-state index contributed by atoms with van der Waals surface area (Å²) in [6.07, 6.45) is 0. The van der Waals surface area contributed by atoms with Gasteiger partial charge in [-0.25, -0.2) is 9.50 Å². The van der Waals surface area contributed by atoms with Gasteiger partial charge in [0.1, 0.15) is 11.2 Å². The first-order valence-electron chi connectivity index (χ1n) is 8.57. The van der Waals surface area contributed by atoms with Crippen molar-refractivity contribution in [1.82, 2.24) is 19.5 Å². The lowest BCUT2D eigenvalue weighted by Crippen LogP contribution is -2.40. The summed E-state index contributed by atoms with van der Waals surface area (Å²) in [7, 11) is 1.69. The zero-order valence-electron chi connectivity index (χ0n) is 15.8. The minimum atomic E-state index is -1.15. The second kappa shape index (κ2) is 6.53. The van der Waals surface area contributed by atoms with Gasteiger partial charge in [-0.05, 0) is 39.3 Å². The number of aryl methyl sites for hydroxylation is 3. The van der Waals surface area contributed by atoms with E-state index in [1.54, 1.807) is 25.4 Å². The van der Waals surface area contributed by atoms with Gasteiger partial charge in [0.25, 0.3) is 5.91 Å². The number of amides is 1. The van der Waals surface area contributed by atoms with Gasteiger partial charge in [-0.3, -0.25) is 4.79 Å². The Labute approximate surface area is 153 Å². The summed E-state index contributed by atoms with van der Waals surface area (Å²) >= 11 is 0. The Morgan fingerprint density at radius 1 is 1.23 bits per heavy atom. The van der Waals surface area contributed by atoms with Crippen LogP contribution in [0.5, 0.6) is 0 Å². The van der Waals surface area contributed by atoms with E-state index in [9.17, 15) is 9.90 Å². The molecule has 1 unspecified atom stereocenters. The summed E-state index contributed by atoms with van der Waals surface area (Å²) in [6, 6.07) is 11.3. The van der Waals surface area contributed by atoms with Crippen molar-refractivity contribution in [3.8, 4) is 0 Å². The van der Waals surface area contributed by atoms with Crippen LogP contribution in [-0.2, 0) is 5.60 Å². The van der Waals surface area contributed by atoms with E-state index in [1.807, 2.05) is 50.2 Å². The fourth-order valence-corrected chi connectivity index (χ4v) is 3.29. The predicted molar refractivity (Wildman–Crippen MR) is 100 cm³/mol. The van der Waals surface area contributed by atoms with Crippen LogP contribution in [-0.4, -0.2) is 44.1 Å². The lowest BCUT2D eigenvalue weighted by atomic mass is 9.95. The summed E-state index contributed by atoms with van der Waals surface area (Å²) in [5, 5.41) is 15.3. The third kappa shape index (κ3) is 3.20. The Kier molecular flexibility index (Phi) is 4.54. The highest BCUT2D eigenvalue weighted by Crippen LogP contribution is 2.23. The molecule has 1 N–H and O–H groups in total. The molecule has 0 aliphatic rings. The second-order valence-corrected chi connectivity index (χ2v) is 7.04. The Bertz CT molecular complexity index is 961. The fraction of sp³-hybridized carbons (Fsp3) is 0.350. The standard InChI is InChI=1S/C20H24N4O2/c1-13-11-14(2)24-18(21-13)17(15(3)22-24)19(25)23(5)12-20(4,26)16-9-7-6-8-10-16/h6-11,26H,12H2,1-5H3. The zero-order chi connectivity index (χ0) is 19.1. The van der Waals surface area contributed by atoms with Gasteiger partial charge in [0, 0.05) is 18.4 Å². The number of benzene rings is 1. The predicted octanol–water partition coefficient (Wildman–Crippen LogP) is 2.63. The van der Waals surface area contributed by atoms with Crippen LogP contribution in [0.2, 0.25) is 0 Å². The number of hydrogen-bond donors (Lipinski definition) is 1. The van der Waals surface area contributed by atoms with Crippen molar-refractivity contribution in [1.29, 1.82) is 0 Å². The molecule has 0 radical (unpaired) electrons. The molecular formula is C20H24N4O2. The summed E-state index contributed by atoms with van der Waals surface area (Å²) in [5.74, 6) is -0.203. The fourth-order valence-electron chi connectivity index (χ4n) is 3.29. The first-order chi connectivity index (χ1) is 12.2. The Morgan fingerprint density at radius 2 is 1.88 bits per heavy atom. The van der Waals surface area contributed by atoms with Gasteiger partial charge in [-0.1, -0.05) is 30.3 Å². The van der Waals surface area contributed by atoms with E-state index < -0.39 is 5.60 Å². The summed E-state index contributed by atoms with van der Waals surface area (Å²) in [4.78, 5) is 19.1. The molecule has 2 aromatic heterocycles. The van der Waals surface area contributed by atoms with Crippen molar-refractivity contribution in [2.24, 2.45) is 0 Å². The van der Waals surface area contributed by atoms with E-state index >= 15 is 0 Å². The highest BCUT2D eigenvalue weighted by molar-refractivity contribution is 6.01. The average molecular weight is 352 g/mol. The molecule has 0 aliphatic heterocycles. The van der Waals surface area contributed by atoms with E-state index in [2.05, 4.69) is 10.1 Å². The van der Waals surface area contributed by atoms with Crippen molar-refractivity contribution in [3.05, 3.63) is 64.6 Å². The van der Waals surface area contributed by atoms with Crippen molar-refractivity contribution in [2.75, 3.05) is 13.6 Å². The number of carbonyl (C=O) groups is 1. The highest BCUT2D eigenvalue weighted by Gasteiger charge is 2.29. The van der Waals surface area contributed by atoms with E-state index in [4.69, 9.17) is 0 Å². The minimum absolute atomic E-state index is 0.164. The van der Waals surface area contributed by atoms with Crippen LogP contribution < -0.4 is 0 Å². The molecule has 0 saturated heterocycles. The summed E-state index contributed by atoms with van der Waals surface area (Å²) < 4.78 is 1.69. The number of fused-ring (bicyclic) bond motifs is 1. The van der Waals surface area contributed by atoms with Crippen molar-refractivity contribution >= 4 is 11.6 Å². The number of hydrogen-bond acceptors (Lipinski definition) is 4. The molecule has 3 rings (SSSR count). The minimum Gasteiger partial charge on any atom is -0.384 e. The largest absolute Gasteiger partial charge is 0.384 e. The number of likely N-dealkylation sites (N-methyl/N-ethyl adjacent to an activating group) is 1. The molecule has 2 heterocycles. The first kappa shape index (κ1) is 18.1. The molecule has 1 atom stereocenters. The molecule has 0 saturated carbocycles. The quantitative estimate of drug-likeness (QED) is 0.784. The van der Waals surface area contributed by atoms with Crippen LogP contribution in [0.1, 0.15) is 39.9 Å². The molecular weight excluding hydrogens is 328 g/mol. The number of aromatic nitrogens is 3. The third-order valence-electron chi connectivity index (χ3n) is 4.57. The maximum Gasteiger partial charge on any atom is 0.259 e. The Hall–Kier alpha value is -2.73. The smallest absolute Gasteiger partial charge is 0.259 e. The van der Waals surface area contributed by atoms with E-state index in [0.29, 0.717) is 16.9 Å². The lowest BCUT2D eigenvalue weighted by Gasteiger charge is -2.29. The molecule has 1 amide bonds. The topological polar surface area (TPSA) is 70.7 Å². The summed E-state index contributed by atoms with van der Waals surface area (Å²) in [6.45, 7) is 7.51. The highest BCUT2D eigenvalue weighted by atomic mass is 16.3. The maximum atomic E-state index is 13.1. The van der Waals surface area contributed by atoms with Crippen molar-refractivity contribution in [2.45, 2.75) is 33.3 Å². The first-order valence-corrected chi connectivity index (χ1v) is 8.57. The molecule has 26 heavy (non-hydrogen) atoms. The van der Waals surface area contributed by atoms with Crippen LogP contribution in [0, 0.1) is 20.8 Å². The van der Waals surface area contributed by atoms with E-state index in [-0.39, 0.29) is 12.5 Å². The molecule has 6 heteroatoms. The van der Waals surface area contributed by atoms with Crippen LogP contribution >= 0.6 is 0 Å². The van der Waals surface area contributed by atoms with Gasteiger partial charge >= 0.3 is 0 Å².